The molecule has 0 fully saturated rings. The van der Waals surface area contributed by atoms with Crippen molar-refractivity contribution in [3.05, 3.63) is 48.0 Å². The quantitative estimate of drug-likeness (QED) is 0.574. The molecule has 0 heterocycles. The van der Waals surface area contributed by atoms with E-state index in [4.69, 9.17) is 4.74 Å². The van der Waals surface area contributed by atoms with Gasteiger partial charge < -0.3 is 4.74 Å². The molecule has 0 unspecified atom stereocenters. The molecule has 0 aliphatic heterocycles. The van der Waals surface area contributed by atoms with E-state index in [1.165, 1.54) is 5.56 Å². The lowest BCUT2D eigenvalue weighted by molar-refractivity contribution is -0.122. The highest BCUT2D eigenvalue weighted by atomic mass is 16.5. The molecule has 0 bridgehead atoms. The molecule has 0 saturated carbocycles. The van der Waals surface area contributed by atoms with E-state index in [9.17, 15) is 4.79 Å². The largest absolute Gasteiger partial charge is 0.377 e. The Labute approximate surface area is 102 Å². The number of hydrogen-bond donors (Lipinski definition) is 0. The third-order valence-corrected chi connectivity index (χ3v) is 3.02. The highest BCUT2D eigenvalue weighted by Gasteiger charge is 2.17. The van der Waals surface area contributed by atoms with Crippen LogP contribution < -0.4 is 0 Å². The summed E-state index contributed by atoms with van der Waals surface area (Å²) in [6.07, 6.45) is 6.53. The van der Waals surface area contributed by atoms with Crippen LogP contribution in [0.2, 0.25) is 0 Å². The summed E-state index contributed by atoms with van der Waals surface area (Å²) in [7, 11) is 0. The standard InChI is InChI=1S/C15H18O2/c16-15-9-5-4-8-14(15)10-11-17-12-13-6-2-1-3-7-13/h1-4,6-8,14H,5,9-12H2/t14-/m1/s1. The molecule has 1 aliphatic rings. The Bertz CT molecular complexity index is 381. The van der Waals surface area contributed by atoms with Crippen LogP contribution in [0, 0.1) is 5.92 Å². The first-order chi connectivity index (χ1) is 8.36. The SMILES string of the molecule is O=C1CCC=C[C@@H]1CCOCc1ccccc1. The van der Waals surface area contributed by atoms with Gasteiger partial charge in [-0.15, -0.1) is 0 Å². The van der Waals surface area contributed by atoms with Gasteiger partial charge in [0.1, 0.15) is 5.78 Å². The molecular formula is C15H18O2. The van der Waals surface area contributed by atoms with Crippen molar-refractivity contribution >= 4 is 5.78 Å². The van der Waals surface area contributed by atoms with Crippen molar-refractivity contribution in [3.63, 3.8) is 0 Å². The zero-order valence-electron chi connectivity index (χ0n) is 9.97. The van der Waals surface area contributed by atoms with E-state index in [1.54, 1.807) is 0 Å². The highest BCUT2D eigenvalue weighted by Crippen LogP contribution is 2.16. The minimum Gasteiger partial charge on any atom is -0.377 e. The average Bonchev–Trinajstić information content (AvgIpc) is 2.38. The van der Waals surface area contributed by atoms with E-state index in [1.807, 2.05) is 36.4 Å². The first kappa shape index (κ1) is 12.1. The van der Waals surface area contributed by atoms with Crippen LogP contribution in [0.5, 0.6) is 0 Å². The van der Waals surface area contributed by atoms with Gasteiger partial charge in [-0.05, 0) is 18.4 Å². The molecule has 1 aliphatic carbocycles. The van der Waals surface area contributed by atoms with Crippen molar-refractivity contribution in [1.82, 2.24) is 0 Å². The second-order valence-electron chi connectivity index (χ2n) is 4.37. The molecule has 0 saturated heterocycles. The second-order valence-corrected chi connectivity index (χ2v) is 4.37. The zero-order chi connectivity index (χ0) is 11.9. The molecule has 0 aromatic heterocycles. The van der Waals surface area contributed by atoms with E-state index in [-0.39, 0.29) is 5.92 Å². The fourth-order valence-electron chi connectivity index (χ4n) is 2.01. The summed E-state index contributed by atoms with van der Waals surface area (Å²) in [6, 6.07) is 10.1. The molecule has 1 atom stereocenters. The van der Waals surface area contributed by atoms with E-state index >= 15 is 0 Å². The van der Waals surface area contributed by atoms with Crippen LogP contribution in [0.15, 0.2) is 42.5 Å². The molecule has 1 aromatic rings. The molecule has 2 nitrogen and oxygen atoms in total. The summed E-state index contributed by atoms with van der Waals surface area (Å²) in [5.41, 5.74) is 1.18. The Morgan fingerprint density at radius 2 is 2.06 bits per heavy atom. The van der Waals surface area contributed by atoms with Crippen molar-refractivity contribution in [1.29, 1.82) is 0 Å². The predicted molar refractivity (Wildman–Crippen MR) is 67.6 cm³/mol. The van der Waals surface area contributed by atoms with Crippen LogP contribution in [0.3, 0.4) is 0 Å². The molecule has 17 heavy (non-hydrogen) atoms. The Hall–Kier alpha value is -1.41. The summed E-state index contributed by atoms with van der Waals surface area (Å²) in [5, 5.41) is 0. The lowest BCUT2D eigenvalue weighted by Crippen LogP contribution is -2.16. The lowest BCUT2D eigenvalue weighted by atomic mass is 9.92. The van der Waals surface area contributed by atoms with Gasteiger partial charge in [0.2, 0.25) is 0 Å². The Morgan fingerprint density at radius 1 is 1.24 bits per heavy atom. The summed E-state index contributed by atoms with van der Waals surface area (Å²) in [4.78, 5) is 11.6. The van der Waals surface area contributed by atoms with Crippen LogP contribution in [0.1, 0.15) is 24.8 Å². The normalized spacial score (nSPS) is 19.5. The topological polar surface area (TPSA) is 26.3 Å². The molecule has 0 spiro atoms. The summed E-state index contributed by atoms with van der Waals surface area (Å²) >= 11 is 0. The minimum absolute atomic E-state index is 0.0829. The molecule has 0 radical (unpaired) electrons. The van der Waals surface area contributed by atoms with E-state index in [0.717, 1.165) is 12.8 Å². The number of hydrogen-bond acceptors (Lipinski definition) is 2. The van der Waals surface area contributed by atoms with E-state index in [2.05, 4.69) is 6.08 Å². The summed E-state index contributed by atoms with van der Waals surface area (Å²) < 4.78 is 5.58. The molecular weight excluding hydrogens is 212 g/mol. The van der Waals surface area contributed by atoms with Crippen LogP contribution in [0.25, 0.3) is 0 Å². The maximum atomic E-state index is 11.6. The van der Waals surface area contributed by atoms with Gasteiger partial charge in [-0.25, -0.2) is 0 Å². The molecule has 1 aromatic carbocycles. The first-order valence-corrected chi connectivity index (χ1v) is 6.17. The number of Topliss-reactive ketones (excluding diaryl/α,β-unsaturated/α-hetero) is 1. The fourth-order valence-corrected chi connectivity index (χ4v) is 2.01. The molecule has 2 rings (SSSR count). The van der Waals surface area contributed by atoms with Gasteiger partial charge in [0.05, 0.1) is 6.61 Å². The summed E-state index contributed by atoms with van der Waals surface area (Å²) in [6.45, 7) is 1.28. The third-order valence-electron chi connectivity index (χ3n) is 3.02. The van der Waals surface area contributed by atoms with Gasteiger partial charge in [-0.3, -0.25) is 4.79 Å². The van der Waals surface area contributed by atoms with Crippen molar-refractivity contribution in [2.45, 2.75) is 25.9 Å². The van der Waals surface area contributed by atoms with Gasteiger partial charge in [-0.2, -0.15) is 0 Å². The smallest absolute Gasteiger partial charge is 0.140 e. The number of ketones is 1. The lowest BCUT2D eigenvalue weighted by Gasteiger charge is -2.14. The van der Waals surface area contributed by atoms with Crippen LogP contribution in [-0.4, -0.2) is 12.4 Å². The highest BCUT2D eigenvalue weighted by molar-refractivity contribution is 5.83. The maximum absolute atomic E-state index is 11.6. The fraction of sp³-hybridized carbons (Fsp3) is 0.400. The average molecular weight is 230 g/mol. The van der Waals surface area contributed by atoms with Gasteiger partial charge in [0, 0.05) is 18.9 Å². The minimum atomic E-state index is 0.0829. The zero-order valence-corrected chi connectivity index (χ0v) is 9.97. The number of benzene rings is 1. The number of rotatable bonds is 5. The van der Waals surface area contributed by atoms with Crippen molar-refractivity contribution in [2.24, 2.45) is 5.92 Å². The van der Waals surface area contributed by atoms with E-state index < -0.39 is 0 Å². The van der Waals surface area contributed by atoms with Crippen LogP contribution in [0.4, 0.5) is 0 Å². The summed E-state index contributed by atoms with van der Waals surface area (Å²) in [5.74, 6) is 0.440. The second kappa shape index (κ2) is 6.36. The van der Waals surface area contributed by atoms with Crippen molar-refractivity contribution in [3.8, 4) is 0 Å². The monoisotopic (exact) mass is 230 g/mol. The van der Waals surface area contributed by atoms with Gasteiger partial charge in [0.25, 0.3) is 0 Å². The van der Waals surface area contributed by atoms with E-state index in [0.29, 0.717) is 25.4 Å². The Kier molecular flexibility index (Phi) is 4.51. The Morgan fingerprint density at radius 3 is 2.82 bits per heavy atom. The van der Waals surface area contributed by atoms with Gasteiger partial charge in [0.15, 0.2) is 0 Å². The number of carbonyl (C=O) groups excluding carboxylic acids is 1. The van der Waals surface area contributed by atoms with Crippen molar-refractivity contribution in [2.75, 3.05) is 6.61 Å². The van der Waals surface area contributed by atoms with Gasteiger partial charge >= 0.3 is 0 Å². The van der Waals surface area contributed by atoms with Crippen LogP contribution >= 0.6 is 0 Å². The van der Waals surface area contributed by atoms with Crippen LogP contribution in [-0.2, 0) is 16.1 Å². The maximum Gasteiger partial charge on any atom is 0.140 e. The predicted octanol–water partition coefficient (Wildman–Crippen LogP) is 3.13. The van der Waals surface area contributed by atoms with Crippen molar-refractivity contribution < 1.29 is 9.53 Å². The molecule has 0 amide bonds. The first-order valence-electron chi connectivity index (χ1n) is 6.17. The molecule has 2 heteroatoms. The molecule has 0 N–H and O–H groups in total. The number of carbonyl (C=O) groups is 1. The third kappa shape index (κ3) is 3.82. The Balaban J connectivity index is 1.68. The number of ether oxygens (including phenoxy) is 1. The molecule has 90 valence electrons. The number of allylic oxidation sites excluding steroid dienone is 2. The van der Waals surface area contributed by atoms with Gasteiger partial charge in [-0.1, -0.05) is 42.5 Å².